The highest BCUT2D eigenvalue weighted by atomic mass is 16.3. The van der Waals surface area contributed by atoms with Crippen molar-refractivity contribution < 1.29 is 5.11 Å². The van der Waals surface area contributed by atoms with Crippen LogP contribution in [0.4, 0.5) is 0 Å². The fourth-order valence-corrected chi connectivity index (χ4v) is 4.78. The van der Waals surface area contributed by atoms with Crippen LogP contribution in [-0.4, -0.2) is 17.4 Å². The molecule has 2 atom stereocenters. The number of benzene rings is 3. The molecular formula is C28H31NO. The van der Waals surface area contributed by atoms with Crippen molar-refractivity contribution in [3.63, 3.8) is 0 Å². The van der Waals surface area contributed by atoms with Gasteiger partial charge in [-0.1, -0.05) is 92.6 Å². The van der Waals surface area contributed by atoms with Crippen LogP contribution in [0.1, 0.15) is 61.8 Å². The molecule has 0 aromatic heterocycles. The predicted octanol–water partition coefficient (Wildman–Crippen LogP) is 6.74. The molecule has 0 saturated heterocycles. The van der Waals surface area contributed by atoms with Crippen molar-refractivity contribution in [2.75, 3.05) is 0 Å². The highest BCUT2D eigenvalue weighted by molar-refractivity contribution is 5.85. The Morgan fingerprint density at radius 1 is 0.833 bits per heavy atom. The third kappa shape index (κ3) is 3.92. The summed E-state index contributed by atoms with van der Waals surface area (Å²) in [7, 11) is 0. The van der Waals surface area contributed by atoms with Gasteiger partial charge < -0.3 is 5.11 Å². The summed E-state index contributed by atoms with van der Waals surface area (Å²) < 4.78 is 0. The molecule has 0 aliphatic heterocycles. The zero-order valence-electron chi connectivity index (χ0n) is 18.0. The van der Waals surface area contributed by atoms with E-state index in [-0.39, 0.29) is 0 Å². The van der Waals surface area contributed by atoms with Crippen LogP contribution in [0.3, 0.4) is 0 Å². The van der Waals surface area contributed by atoms with E-state index in [2.05, 4.69) is 62.4 Å². The Bertz CT molecular complexity index is 954. The lowest BCUT2D eigenvalue weighted by Gasteiger charge is -2.32. The summed E-state index contributed by atoms with van der Waals surface area (Å²) in [5.41, 5.74) is 3.54. The molecule has 1 fully saturated rings. The molecule has 4 rings (SSSR count). The first kappa shape index (κ1) is 20.4. The first-order valence-electron chi connectivity index (χ1n) is 11.1. The minimum Gasteiger partial charge on any atom is -0.507 e. The molecule has 1 N–H and O–H groups in total. The Labute approximate surface area is 180 Å². The van der Waals surface area contributed by atoms with E-state index < -0.39 is 5.41 Å². The summed E-state index contributed by atoms with van der Waals surface area (Å²) >= 11 is 0. The zero-order valence-corrected chi connectivity index (χ0v) is 18.0. The molecular weight excluding hydrogens is 366 g/mol. The molecule has 3 aromatic carbocycles. The van der Waals surface area contributed by atoms with Crippen molar-refractivity contribution in [3.05, 3.63) is 101 Å². The molecule has 2 heteroatoms. The lowest BCUT2D eigenvalue weighted by Crippen LogP contribution is -2.25. The number of nitrogens with zero attached hydrogens (tertiary/aromatic N) is 1. The van der Waals surface area contributed by atoms with Gasteiger partial charge in [-0.05, 0) is 42.9 Å². The van der Waals surface area contributed by atoms with E-state index in [1.165, 1.54) is 19.3 Å². The zero-order chi connectivity index (χ0) is 21.0. The summed E-state index contributed by atoms with van der Waals surface area (Å²) in [6, 6.07) is 27.2. The van der Waals surface area contributed by atoms with E-state index >= 15 is 0 Å². The third-order valence-corrected chi connectivity index (χ3v) is 6.78. The second kappa shape index (κ2) is 8.87. The highest BCUT2D eigenvalue weighted by Gasteiger charge is 2.34. The number of rotatable bonds is 5. The van der Waals surface area contributed by atoms with Crippen LogP contribution in [0, 0.1) is 5.92 Å². The molecule has 0 spiro atoms. The van der Waals surface area contributed by atoms with Gasteiger partial charge >= 0.3 is 0 Å². The summed E-state index contributed by atoms with van der Waals surface area (Å²) in [4.78, 5) is 4.88. The molecule has 154 valence electrons. The largest absolute Gasteiger partial charge is 0.507 e. The number of aromatic hydroxyl groups is 1. The van der Waals surface area contributed by atoms with Gasteiger partial charge in [-0.25, -0.2) is 0 Å². The fourth-order valence-electron chi connectivity index (χ4n) is 4.78. The van der Waals surface area contributed by atoms with Crippen LogP contribution in [0.2, 0.25) is 0 Å². The number of phenolic OH excluding ortho intramolecular Hbond substituents is 1. The number of aliphatic imine (C=N–C) groups is 1. The molecule has 2 unspecified atom stereocenters. The summed E-state index contributed by atoms with van der Waals surface area (Å²) in [6.45, 7) is 4.48. The second-order valence-corrected chi connectivity index (χ2v) is 8.71. The molecule has 1 aliphatic rings. The smallest absolute Gasteiger partial charge is 0.128 e. The molecule has 0 heterocycles. The van der Waals surface area contributed by atoms with E-state index in [4.69, 9.17) is 4.99 Å². The third-order valence-electron chi connectivity index (χ3n) is 6.78. The maximum Gasteiger partial charge on any atom is 0.128 e. The predicted molar refractivity (Wildman–Crippen MR) is 126 cm³/mol. The van der Waals surface area contributed by atoms with E-state index in [9.17, 15) is 5.11 Å². The molecule has 30 heavy (non-hydrogen) atoms. The van der Waals surface area contributed by atoms with Crippen molar-refractivity contribution in [2.45, 2.75) is 51.0 Å². The topological polar surface area (TPSA) is 32.6 Å². The Kier molecular flexibility index (Phi) is 6.03. The minimum atomic E-state index is -0.464. The lowest BCUT2D eigenvalue weighted by molar-refractivity contribution is 0.333. The number of para-hydroxylation sites is 1. The Hall–Kier alpha value is -2.87. The quantitative estimate of drug-likeness (QED) is 0.375. The standard InChI is InChI=1S/C28H31NO/c1-21-12-9-10-19-26(21)29-20-22-13-11-18-25(27(22)30)28(2,23-14-5-3-6-15-23)24-16-7-4-8-17-24/h3-8,11,13-18,20-21,26,30H,9-10,12,19H2,1-2H3. The fraction of sp³-hybridized carbons (Fsp3) is 0.321. The van der Waals surface area contributed by atoms with Crippen molar-refractivity contribution in [1.29, 1.82) is 0 Å². The van der Waals surface area contributed by atoms with Gasteiger partial charge in [-0.3, -0.25) is 4.99 Å². The maximum atomic E-state index is 11.4. The summed E-state index contributed by atoms with van der Waals surface area (Å²) in [5.74, 6) is 0.930. The Morgan fingerprint density at radius 2 is 1.43 bits per heavy atom. The number of hydrogen-bond acceptors (Lipinski definition) is 2. The van der Waals surface area contributed by atoms with Gasteiger partial charge in [0.1, 0.15) is 5.75 Å². The van der Waals surface area contributed by atoms with E-state index in [1.807, 2.05) is 36.5 Å². The van der Waals surface area contributed by atoms with E-state index in [0.29, 0.717) is 17.7 Å². The van der Waals surface area contributed by atoms with Gasteiger partial charge in [0, 0.05) is 22.8 Å². The summed E-state index contributed by atoms with van der Waals surface area (Å²) in [6.07, 6.45) is 6.83. The van der Waals surface area contributed by atoms with Crippen molar-refractivity contribution in [3.8, 4) is 5.75 Å². The molecule has 1 aliphatic carbocycles. The normalized spacial score (nSPS) is 19.8. The minimum absolute atomic E-state index is 0.319. The van der Waals surface area contributed by atoms with Gasteiger partial charge in [0.15, 0.2) is 0 Å². The average molecular weight is 398 g/mol. The second-order valence-electron chi connectivity index (χ2n) is 8.71. The monoisotopic (exact) mass is 397 g/mol. The van der Waals surface area contributed by atoms with Gasteiger partial charge in [0.05, 0.1) is 6.04 Å². The van der Waals surface area contributed by atoms with Gasteiger partial charge in [-0.15, -0.1) is 0 Å². The van der Waals surface area contributed by atoms with Gasteiger partial charge in [-0.2, -0.15) is 0 Å². The molecule has 2 nitrogen and oxygen atoms in total. The van der Waals surface area contributed by atoms with Crippen LogP contribution >= 0.6 is 0 Å². The SMILES string of the molecule is CC1CCCCC1N=Cc1cccc(C(C)(c2ccccc2)c2ccccc2)c1O. The average Bonchev–Trinajstić information content (AvgIpc) is 2.80. The molecule has 0 radical (unpaired) electrons. The maximum absolute atomic E-state index is 11.4. The van der Waals surface area contributed by atoms with Crippen LogP contribution in [-0.2, 0) is 5.41 Å². The highest BCUT2D eigenvalue weighted by Crippen LogP contribution is 2.43. The first-order valence-corrected chi connectivity index (χ1v) is 11.1. The number of phenols is 1. The number of hydrogen-bond donors (Lipinski definition) is 1. The molecule has 0 amide bonds. The first-order chi connectivity index (χ1) is 14.6. The van der Waals surface area contributed by atoms with Crippen LogP contribution in [0.25, 0.3) is 0 Å². The molecule has 3 aromatic rings. The van der Waals surface area contributed by atoms with Gasteiger partial charge in [0.2, 0.25) is 0 Å². The molecule has 1 saturated carbocycles. The van der Waals surface area contributed by atoms with Crippen molar-refractivity contribution >= 4 is 6.21 Å². The van der Waals surface area contributed by atoms with Crippen molar-refractivity contribution in [1.82, 2.24) is 0 Å². The van der Waals surface area contributed by atoms with Crippen LogP contribution in [0.5, 0.6) is 5.75 Å². The van der Waals surface area contributed by atoms with Crippen LogP contribution in [0.15, 0.2) is 83.9 Å². The van der Waals surface area contributed by atoms with E-state index in [0.717, 1.165) is 28.7 Å². The van der Waals surface area contributed by atoms with E-state index in [1.54, 1.807) is 0 Å². The van der Waals surface area contributed by atoms with Crippen molar-refractivity contribution in [2.24, 2.45) is 10.9 Å². The Balaban J connectivity index is 1.78. The Morgan fingerprint density at radius 3 is 2.03 bits per heavy atom. The molecule has 0 bridgehead atoms. The van der Waals surface area contributed by atoms with Crippen LogP contribution < -0.4 is 0 Å². The van der Waals surface area contributed by atoms with Gasteiger partial charge in [0.25, 0.3) is 0 Å². The summed E-state index contributed by atoms with van der Waals surface area (Å²) in [5, 5.41) is 11.4. The lowest BCUT2D eigenvalue weighted by atomic mass is 9.70.